The molecule has 5 rings (SSSR count). The van der Waals surface area contributed by atoms with Crippen LogP contribution in [-0.2, 0) is 14.8 Å². The molecule has 0 saturated carbocycles. The van der Waals surface area contributed by atoms with Gasteiger partial charge in [0.05, 0.1) is 4.90 Å². The molecule has 1 aliphatic rings. The number of amides is 1. The maximum Gasteiger partial charge on any atom is 0.243 e. The maximum absolute atomic E-state index is 13.1. The molecule has 4 aromatic rings. The molecule has 1 atom stereocenters. The van der Waals surface area contributed by atoms with Crippen LogP contribution in [0.1, 0.15) is 18.4 Å². The Hall–Kier alpha value is -3.16. The molecule has 158 valence electrons. The van der Waals surface area contributed by atoms with Crippen LogP contribution in [-0.4, -0.2) is 31.2 Å². The summed E-state index contributed by atoms with van der Waals surface area (Å²) in [5.41, 5.74) is 3.02. The van der Waals surface area contributed by atoms with Gasteiger partial charge in [0.2, 0.25) is 15.9 Å². The fourth-order valence-electron chi connectivity index (χ4n) is 4.16. The summed E-state index contributed by atoms with van der Waals surface area (Å²) in [5.74, 6) is -0.330. The number of fused-ring (bicyclic) bond motifs is 3. The summed E-state index contributed by atoms with van der Waals surface area (Å²) in [6.07, 6.45) is 1.13. The molecule has 7 heteroatoms. The standard InChI is InChI=1S/C24H22N2O4S/c1-16-8-11-18(12-9-16)31(28,29)26-14-4-6-21(26)24(27)25-17-10-13-20-19-5-2-3-7-22(19)30-23(20)15-17/h2-3,5,7-13,15,21H,4,6,14H2,1H3,(H,25,27)/t21-/m0/s1. The smallest absolute Gasteiger partial charge is 0.243 e. The molecule has 0 spiro atoms. The summed E-state index contributed by atoms with van der Waals surface area (Å²) in [7, 11) is -3.74. The van der Waals surface area contributed by atoms with Gasteiger partial charge < -0.3 is 9.73 Å². The number of para-hydroxylation sites is 1. The lowest BCUT2D eigenvalue weighted by Crippen LogP contribution is -2.43. The van der Waals surface area contributed by atoms with Crippen molar-refractivity contribution in [3.8, 4) is 0 Å². The van der Waals surface area contributed by atoms with Gasteiger partial charge in [-0.25, -0.2) is 8.42 Å². The van der Waals surface area contributed by atoms with E-state index < -0.39 is 16.1 Å². The average molecular weight is 435 g/mol. The Kier molecular flexibility index (Phi) is 4.79. The number of sulfonamides is 1. The minimum Gasteiger partial charge on any atom is -0.456 e. The van der Waals surface area contributed by atoms with Crippen molar-refractivity contribution in [3.63, 3.8) is 0 Å². The average Bonchev–Trinajstić information content (AvgIpc) is 3.39. The van der Waals surface area contributed by atoms with E-state index in [9.17, 15) is 13.2 Å². The van der Waals surface area contributed by atoms with E-state index in [0.29, 0.717) is 30.7 Å². The van der Waals surface area contributed by atoms with Crippen LogP contribution in [0.25, 0.3) is 21.9 Å². The van der Waals surface area contributed by atoms with Crippen LogP contribution in [0.5, 0.6) is 0 Å². The van der Waals surface area contributed by atoms with Crippen LogP contribution in [0.4, 0.5) is 5.69 Å². The maximum atomic E-state index is 13.1. The van der Waals surface area contributed by atoms with Crippen molar-refractivity contribution in [1.82, 2.24) is 4.31 Å². The first-order valence-electron chi connectivity index (χ1n) is 10.2. The largest absolute Gasteiger partial charge is 0.456 e. The molecule has 1 fully saturated rings. The molecule has 0 unspecified atom stereocenters. The van der Waals surface area contributed by atoms with E-state index in [2.05, 4.69) is 5.32 Å². The van der Waals surface area contributed by atoms with Crippen molar-refractivity contribution < 1.29 is 17.6 Å². The van der Waals surface area contributed by atoms with Crippen molar-refractivity contribution in [1.29, 1.82) is 0 Å². The molecule has 2 heterocycles. The van der Waals surface area contributed by atoms with Gasteiger partial charge in [-0.3, -0.25) is 4.79 Å². The van der Waals surface area contributed by atoms with Gasteiger partial charge in [-0.2, -0.15) is 4.31 Å². The monoisotopic (exact) mass is 434 g/mol. The van der Waals surface area contributed by atoms with Crippen molar-refractivity contribution in [3.05, 3.63) is 72.3 Å². The van der Waals surface area contributed by atoms with Gasteiger partial charge in [0, 0.05) is 29.1 Å². The zero-order valence-corrected chi connectivity index (χ0v) is 17.9. The number of hydrogen-bond acceptors (Lipinski definition) is 4. The molecule has 1 amide bonds. The van der Waals surface area contributed by atoms with Gasteiger partial charge in [0.25, 0.3) is 0 Å². The molecule has 6 nitrogen and oxygen atoms in total. The number of benzene rings is 3. The predicted molar refractivity (Wildman–Crippen MR) is 120 cm³/mol. The first-order chi connectivity index (χ1) is 14.9. The summed E-state index contributed by atoms with van der Waals surface area (Å²) in [4.78, 5) is 13.2. The fourth-order valence-corrected chi connectivity index (χ4v) is 5.82. The first kappa shape index (κ1) is 19.8. The lowest BCUT2D eigenvalue weighted by Gasteiger charge is -2.23. The molecule has 3 aromatic carbocycles. The van der Waals surface area contributed by atoms with Crippen molar-refractivity contribution in [2.45, 2.75) is 30.7 Å². The highest BCUT2D eigenvalue weighted by atomic mass is 32.2. The Bertz CT molecular complexity index is 1390. The van der Waals surface area contributed by atoms with Crippen LogP contribution >= 0.6 is 0 Å². The van der Waals surface area contributed by atoms with Gasteiger partial charge in [-0.15, -0.1) is 0 Å². The number of nitrogens with one attached hydrogen (secondary N) is 1. The van der Waals surface area contributed by atoms with Crippen LogP contribution in [0.15, 0.2) is 76.0 Å². The molecule has 0 aliphatic carbocycles. The van der Waals surface area contributed by atoms with Crippen LogP contribution in [0.3, 0.4) is 0 Å². The second-order valence-electron chi connectivity index (χ2n) is 7.89. The third-order valence-electron chi connectivity index (χ3n) is 5.78. The highest BCUT2D eigenvalue weighted by Crippen LogP contribution is 2.31. The number of anilines is 1. The molecule has 1 saturated heterocycles. The van der Waals surface area contributed by atoms with E-state index in [-0.39, 0.29) is 10.8 Å². The number of aryl methyl sites for hydroxylation is 1. The van der Waals surface area contributed by atoms with E-state index >= 15 is 0 Å². The number of rotatable bonds is 4. The Labute approximate surface area is 180 Å². The first-order valence-corrected chi connectivity index (χ1v) is 11.7. The summed E-state index contributed by atoms with van der Waals surface area (Å²) < 4.78 is 33.4. The zero-order chi connectivity index (χ0) is 21.6. The minimum atomic E-state index is -3.74. The summed E-state index contributed by atoms with van der Waals surface area (Å²) >= 11 is 0. The van der Waals surface area contributed by atoms with E-state index in [1.165, 1.54) is 4.31 Å². The normalized spacial score (nSPS) is 17.4. The highest BCUT2D eigenvalue weighted by Gasteiger charge is 2.39. The third kappa shape index (κ3) is 3.49. The summed E-state index contributed by atoms with van der Waals surface area (Å²) in [6.45, 7) is 2.23. The lowest BCUT2D eigenvalue weighted by atomic mass is 10.1. The number of carbonyl (C=O) groups is 1. The lowest BCUT2D eigenvalue weighted by molar-refractivity contribution is -0.119. The Morgan fingerprint density at radius 1 is 1.00 bits per heavy atom. The molecule has 0 bridgehead atoms. The fraction of sp³-hybridized carbons (Fsp3) is 0.208. The quantitative estimate of drug-likeness (QED) is 0.506. The van der Waals surface area contributed by atoms with Gasteiger partial charge in [-0.1, -0.05) is 35.9 Å². The molecule has 1 N–H and O–H groups in total. The van der Waals surface area contributed by atoms with Gasteiger partial charge in [-0.05, 0) is 50.1 Å². The topological polar surface area (TPSA) is 79.6 Å². The van der Waals surface area contributed by atoms with E-state index in [4.69, 9.17) is 4.42 Å². The van der Waals surface area contributed by atoms with E-state index in [0.717, 1.165) is 21.9 Å². The molecule has 0 radical (unpaired) electrons. The number of nitrogens with zero attached hydrogens (tertiary/aromatic N) is 1. The second kappa shape index (κ2) is 7.51. The van der Waals surface area contributed by atoms with Crippen molar-refractivity contribution in [2.24, 2.45) is 0 Å². The SMILES string of the molecule is Cc1ccc(S(=O)(=O)N2CCC[C@H]2C(=O)Nc2ccc3c(c2)oc2ccccc23)cc1. The molecule has 31 heavy (non-hydrogen) atoms. The molecule has 1 aliphatic heterocycles. The zero-order valence-electron chi connectivity index (χ0n) is 17.0. The van der Waals surface area contributed by atoms with E-state index in [1.54, 1.807) is 30.3 Å². The van der Waals surface area contributed by atoms with Gasteiger partial charge in [0.1, 0.15) is 17.2 Å². The third-order valence-corrected chi connectivity index (χ3v) is 7.70. The predicted octanol–water partition coefficient (Wildman–Crippen LogP) is 4.69. The van der Waals surface area contributed by atoms with Crippen molar-refractivity contribution in [2.75, 3.05) is 11.9 Å². The van der Waals surface area contributed by atoms with E-state index in [1.807, 2.05) is 43.3 Å². The van der Waals surface area contributed by atoms with Crippen molar-refractivity contribution >= 4 is 43.6 Å². The highest BCUT2D eigenvalue weighted by molar-refractivity contribution is 7.89. The Morgan fingerprint density at radius 3 is 2.55 bits per heavy atom. The summed E-state index contributed by atoms with van der Waals surface area (Å²) in [5, 5.41) is 4.86. The second-order valence-corrected chi connectivity index (χ2v) is 9.78. The van der Waals surface area contributed by atoms with Gasteiger partial charge >= 0.3 is 0 Å². The number of furan rings is 1. The minimum absolute atomic E-state index is 0.210. The van der Waals surface area contributed by atoms with Crippen LogP contribution in [0.2, 0.25) is 0 Å². The molecule has 1 aromatic heterocycles. The van der Waals surface area contributed by atoms with Crippen LogP contribution < -0.4 is 5.32 Å². The number of carbonyl (C=O) groups excluding carboxylic acids is 1. The van der Waals surface area contributed by atoms with Gasteiger partial charge in [0.15, 0.2) is 0 Å². The van der Waals surface area contributed by atoms with Crippen LogP contribution in [0, 0.1) is 6.92 Å². The Balaban J connectivity index is 1.40. The number of hydrogen-bond donors (Lipinski definition) is 1. The molecular formula is C24H22N2O4S. The molecular weight excluding hydrogens is 412 g/mol. The summed E-state index contributed by atoms with van der Waals surface area (Å²) in [6, 6.07) is 19.2. The Morgan fingerprint density at radius 2 is 1.74 bits per heavy atom.